The number of hydrogen-bond donors (Lipinski definition) is 1. The molecular weight excluding hydrogens is 262 g/mol. The molecule has 4 heteroatoms. The number of aromatic nitrogens is 2. The maximum atomic E-state index is 5.47. The second-order valence-electron chi connectivity index (χ2n) is 5.16. The molecule has 0 radical (unpaired) electrons. The lowest BCUT2D eigenvalue weighted by Gasteiger charge is -2.19. The summed E-state index contributed by atoms with van der Waals surface area (Å²) in [6.07, 6.45) is 1.85. The minimum Gasteiger partial charge on any atom is -0.496 e. The number of methoxy groups -OCH3 is 1. The lowest BCUT2D eigenvalue weighted by atomic mass is 10.0. The van der Waals surface area contributed by atoms with Crippen LogP contribution in [0.5, 0.6) is 5.75 Å². The molecule has 1 N–H and O–H groups in total. The Labute approximate surface area is 127 Å². The zero-order valence-electron chi connectivity index (χ0n) is 13.4. The average Bonchev–Trinajstić information content (AvgIpc) is 2.88. The van der Waals surface area contributed by atoms with Gasteiger partial charge in [0.15, 0.2) is 0 Å². The maximum Gasteiger partial charge on any atom is 0.122 e. The second-order valence-corrected chi connectivity index (χ2v) is 5.16. The molecule has 0 amide bonds. The second kappa shape index (κ2) is 7.27. The molecule has 0 saturated heterocycles. The normalized spacial score (nSPS) is 12.4. The summed E-state index contributed by atoms with van der Waals surface area (Å²) in [6.45, 7) is 5.19. The molecule has 0 spiro atoms. The van der Waals surface area contributed by atoms with E-state index in [0.29, 0.717) is 0 Å². The van der Waals surface area contributed by atoms with Crippen molar-refractivity contribution in [2.45, 2.75) is 32.7 Å². The Balaban J connectivity index is 2.28. The predicted molar refractivity (Wildman–Crippen MR) is 85.7 cm³/mol. The van der Waals surface area contributed by atoms with Gasteiger partial charge in [0.2, 0.25) is 0 Å². The first-order valence-electron chi connectivity index (χ1n) is 7.57. The Hall–Kier alpha value is -1.81. The van der Waals surface area contributed by atoms with Crippen LogP contribution in [0.4, 0.5) is 0 Å². The third kappa shape index (κ3) is 3.64. The number of hydrogen-bond acceptors (Lipinski definition) is 3. The Kier molecular flexibility index (Phi) is 5.39. The monoisotopic (exact) mass is 287 g/mol. The number of rotatable bonds is 7. The van der Waals surface area contributed by atoms with Crippen molar-refractivity contribution in [2.24, 2.45) is 7.05 Å². The standard InChI is InChI=1S/C17H25N3O/c1-5-14-12-16(20(3)19-14)15(18-6-2)11-13-9-7-8-10-17(13)21-4/h7-10,12,15,18H,5-6,11H2,1-4H3. The van der Waals surface area contributed by atoms with Crippen LogP contribution in [0.15, 0.2) is 30.3 Å². The first-order valence-corrected chi connectivity index (χ1v) is 7.57. The van der Waals surface area contributed by atoms with Crippen molar-refractivity contribution in [2.75, 3.05) is 13.7 Å². The summed E-state index contributed by atoms with van der Waals surface area (Å²) in [5.41, 5.74) is 3.57. The van der Waals surface area contributed by atoms with Gasteiger partial charge in [-0.15, -0.1) is 0 Å². The summed E-state index contributed by atoms with van der Waals surface area (Å²) in [5, 5.41) is 8.12. The van der Waals surface area contributed by atoms with E-state index >= 15 is 0 Å². The highest BCUT2D eigenvalue weighted by Gasteiger charge is 2.18. The molecule has 0 aliphatic heterocycles. The fourth-order valence-electron chi connectivity index (χ4n) is 2.66. The van der Waals surface area contributed by atoms with E-state index in [4.69, 9.17) is 4.74 Å². The van der Waals surface area contributed by atoms with Gasteiger partial charge < -0.3 is 10.1 Å². The highest BCUT2D eigenvalue weighted by molar-refractivity contribution is 5.34. The Morgan fingerprint density at radius 2 is 2.05 bits per heavy atom. The van der Waals surface area contributed by atoms with Crippen LogP contribution in [0, 0.1) is 0 Å². The molecule has 1 aromatic carbocycles. The van der Waals surface area contributed by atoms with E-state index in [2.05, 4.69) is 42.5 Å². The third-order valence-electron chi connectivity index (χ3n) is 3.75. The van der Waals surface area contributed by atoms with E-state index in [9.17, 15) is 0 Å². The molecule has 0 saturated carbocycles. The summed E-state index contributed by atoms with van der Waals surface area (Å²) >= 11 is 0. The smallest absolute Gasteiger partial charge is 0.122 e. The molecule has 21 heavy (non-hydrogen) atoms. The number of para-hydroxylation sites is 1. The molecule has 0 fully saturated rings. The minimum absolute atomic E-state index is 0.240. The van der Waals surface area contributed by atoms with Gasteiger partial charge in [0.25, 0.3) is 0 Å². The molecule has 1 aromatic heterocycles. The van der Waals surface area contributed by atoms with Gasteiger partial charge in [-0.3, -0.25) is 4.68 Å². The van der Waals surface area contributed by atoms with Crippen molar-refractivity contribution in [1.29, 1.82) is 0 Å². The molecule has 0 bridgehead atoms. The molecule has 0 aliphatic carbocycles. The molecule has 2 aromatic rings. The Morgan fingerprint density at radius 3 is 2.67 bits per heavy atom. The number of ether oxygens (including phenoxy) is 1. The fourth-order valence-corrected chi connectivity index (χ4v) is 2.66. The van der Waals surface area contributed by atoms with Gasteiger partial charge >= 0.3 is 0 Å². The predicted octanol–water partition coefficient (Wildman–Crippen LogP) is 2.88. The van der Waals surface area contributed by atoms with Crippen LogP contribution in [0.25, 0.3) is 0 Å². The molecule has 2 rings (SSSR count). The minimum atomic E-state index is 0.240. The third-order valence-corrected chi connectivity index (χ3v) is 3.75. The van der Waals surface area contributed by atoms with Crippen LogP contribution < -0.4 is 10.1 Å². The average molecular weight is 287 g/mol. The topological polar surface area (TPSA) is 39.1 Å². The molecule has 1 heterocycles. The molecule has 1 atom stereocenters. The largest absolute Gasteiger partial charge is 0.496 e. The summed E-state index contributed by atoms with van der Waals surface area (Å²) in [5.74, 6) is 0.943. The van der Waals surface area contributed by atoms with Crippen molar-refractivity contribution < 1.29 is 4.74 Å². The quantitative estimate of drug-likeness (QED) is 0.851. The molecular formula is C17H25N3O. The number of likely N-dealkylation sites (N-methyl/N-ethyl adjacent to an activating group) is 1. The number of nitrogens with zero attached hydrogens (tertiary/aromatic N) is 2. The van der Waals surface area contributed by atoms with Crippen LogP contribution in [0.3, 0.4) is 0 Å². The highest BCUT2D eigenvalue weighted by atomic mass is 16.5. The van der Waals surface area contributed by atoms with Gasteiger partial charge in [0.1, 0.15) is 5.75 Å². The number of nitrogens with one attached hydrogen (secondary N) is 1. The van der Waals surface area contributed by atoms with E-state index < -0.39 is 0 Å². The molecule has 4 nitrogen and oxygen atoms in total. The van der Waals surface area contributed by atoms with E-state index in [0.717, 1.165) is 30.8 Å². The summed E-state index contributed by atoms with van der Waals surface area (Å²) in [4.78, 5) is 0. The lowest BCUT2D eigenvalue weighted by molar-refractivity contribution is 0.404. The number of aryl methyl sites for hydroxylation is 2. The van der Waals surface area contributed by atoms with Crippen LogP contribution in [-0.4, -0.2) is 23.4 Å². The molecule has 1 unspecified atom stereocenters. The van der Waals surface area contributed by atoms with E-state index in [1.54, 1.807) is 7.11 Å². The summed E-state index contributed by atoms with van der Waals surface area (Å²) < 4.78 is 7.45. The van der Waals surface area contributed by atoms with Gasteiger partial charge in [-0.05, 0) is 37.1 Å². The molecule has 0 aliphatic rings. The first-order chi connectivity index (χ1) is 10.2. The van der Waals surface area contributed by atoms with Crippen LogP contribution in [-0.2, 0) is 19.9 Å². The Bertz CT molecular complexity index is 577. The van der Waals surface area contributed by atoms with E-state index in [-0.39, 0.29) is 6.04 Å². The van der Waals surface area contributed by atoms with Crippen molar-refractivity contribution in [3.63, 3.8) is 0 Å². The van der Waals surface area contributed by atoms with Gasteiger partial charge in [-0.1, -0.05) is 32.0 Å². The first kappa shape index (κ1) is 15.6. The van der Waals surface area contributed by atoms with Gasteiger partial charge in [0.05, 0.1) is 24.5 Å². The van der Waals surface area contributed by atoms with Crippen molar-refractivity contribution >= 4 is 0 Å². The molecule has 114 valence electrons. The number of benzene rings is 1. The maximum absolute atomic E-state index is 5.47. The zero-order chi connectivity index (χ0) is 15.2. The van der Waals surface area contributed by atoms with Crippen LogP contribution in [0.1, 0.15) is 36.8 Å². The van der Waals surface area contributed by atoms with Gasteiger partial charge in [0, 0.05) is 7.05 Å². The fraction of sp³-hybridized carbons (Fsp3) is 0.471. The van der Waals surface area contributed by atoms with E-state index in [1.165, 1.54) is 11.3 Å². The van der Waals surface area contributed by atoms with Crippen LogP contribution >= 0.6 is 0 Å². The van der Waals surface area contributed by atoms with Crippen LogP contribution in [0.2, 0.25) is 0 Å². The lowest BCUT2D eigenvalue weighted by Crippen LogP contribution is -2.25. The van der Waals surface area contributed by atoms with Crippen molar-refractivity contribution in [3.8, 4) is 5.75 Å². The van der Waals surface area contributed by atoms with Gasteiger partial charge in [-0.25, -0.2) is 0 Å². The summed E-state index contributed by atoms with van der Waals surface area (Å²) in [7, 11) is 3.74. The van der Waals surface area contributed by atoms with Crippen molar-refractivity contribution in [3.05, 3.63) is 47.3 Å². The SMILES string of the molecule is CCNC(Cc1ccccc1OC)c1cc(CC)nn1C. The Morgan fingerprint density at radius 1 is 1.29 bits per heavy atom. The summed E-state index contributed by atoms with van der Waals surface area (Å²) in [6, 6.07) is 10.6. The van der Waals surface area contributed by atoms with Gasteiger partial charge in [-0.2, -0.15) is 5.10 Å². The zero-order valence-corrected chi connectivity index (χ0v) is 13.4. The highest BCUT2D eigenvalue weighted by Crippen LogP contribution is 2.25. The van der Waals surface area contributed by atoms with Crippen molar-refractivity contribution in [1.82, 2.24) is 15.1 Å². The van der Waals surface area contributed by atoms with E-state index in [1.807, 2.05) is 23.9 Å².